The van der Waals surface area contributed by atoms with E-state index < -0.39 is 56.5 Å². The van der Waals surface area contributed by atoms with E-state index in [9.17, 15) is 27.9 Å². The molecule has 4 aromatic rings. The molecule has 2 heterocycles. The minimum absolute atomic E-state index is 0.0348. The van der Waals surface area contributed by atoms with E-state index in [1.165, 1.54) is 30.3 Å². The number of sulfone groups is 1. The predicted molar refractivity (Wildman–Crippen MR) is 130 cm³/mol. The second-order valence-electron chi connectivity index (χ2n) is 7.57. The third kappa shape index (κ3) is 4.70. The molecule has 0 aliphatic rings. The molecular weight excluding hydrogens is 519 g/mol. The summed E-state index contributed by atoms with van der Waals surface area (Å²) in [6.45, 7) is 0. The molecule has 2 aromatic heterocycles. The van der Waals surface area contributed by atoms with E-state index in [1.54, 1.807) is 12.1 Å². The van der Waals surface area contributed by atoms with Gasteiger partial charge in [0.1, 0.15) is 15.8 Å². The lowest BCUT2D eigenvalue weighted by Crippen LogP contribution is -2.29. The van der Waals surface area contributed by atoms with Gasteiger partial charge < -0.3 is 10.8 Å². The first-order valence-corrected chi connectivity index (χ1v) is 12.8. The Kier molecular flexibility index (Phi) is 6.50. The quantitative estimate of drug-likeness (QED) is 0.373. The summed E-state index contributed by atoms with van der Waals surface area (Å²) in [7, 11) is -3.90. The Morgan fingerprint density at radius 2 is 1.77 bits per heavy atom. The molecule has 0 radical (unpaired) electrons. The average Bonchev–Trinajstić information content (AvgIpc) is 3.23. The number of thiophene rings is 1. The van der Waals surface area contributed by atoms with Crippen molar-refractivity contribution in [2.24, 2.45) is 5.73 Å². The normalized spacial score (nSPS) is 11.6. The Morgan fingerprint density at radius 1 is 1.09 bits per heavy atom. The number of hydrogen-bond donors (Lipinski definition) is 2. The van der Waals surface area contributed by atoms with E-state index >= 15 is 4.39 Å². The van der Waals surface area contributed by atoms with Gasteiger partial charge in [-0.1, -0.05) is 35.9 Å². The summed E-state index contributed by atoms with van der Waals surface area (Å²) in [6, 6.07) is 12.0. The number of amides is 1. The zero-order chi connectivity index (χ0) is 25.5. The lowest BCUT2D eigenvalue weighted by molar-refractivity contribution is -0.116. The molecule has 0 aliphatic heterocycles. The largest absolute Gasteiger partial charge is 0.505 e. The number of rotatable bonds is 7. The summed E-state index contributed by atoms with van der Waals surface area (Å²) >= 11 is 6.58. The summed E-state index contributed by atoms with van der Waals surface area (Å²) in [4.78, 5) is 37.5. The van der Waals surface area contributed by atoms with Crippen LogP contribution in [0.5, 0.6) is 5.75 Å². The maximum atomic E-state index is 15.1. The van der Waals surface area contributed by atoms with E-state index in [-0.39, 0.29) is 30.6 Å². The SMILES string of the molecule is NC(=O)c1c(O)c2ccccc2c(=O)n1-c1ccc(CC(=O)CS(=O)(=O)c2ccc(Cl)s2)cc1F. The number of halogens is 2. The van der Waals surface area contributed by atoms with Gasteiger partial charge in [-0.3, -0.25) is 19.0 Å². The fourth-order valence-corrected chi connectivity index (χ4v) is 6.47. The van der Waals surface area contributed by atoms with Crippen LogP contribution in [0.2, 0.25) is 4.34 Å². The van der Waals surface area contributed by atoms with Gasteiger partial charge in [-0.05, 0) is 35.9 Å². The third-order valence-corrected chi connectivity index (χ3v) is 8.65. The number of aromatic hydroxyl groups is 1. The number of ketones is 1. The lowest BCUT2D eigenvalue weighted by atomic mass is 10.1. The monoisotopic (exact) mass is 534 g/mol. The molecule has 0 bridgehead atoms. The molecule has 4 rings (SSSR count). The summed E-state index contributed by atoms with van der Waals surface area (Å²) < 4.78 is 40.8. The number of carbonyl (C=O) groups is 2. The summed E-state index contributed by atoms with van der Waals surface area (Å²) in [6.07, 6.45) is -0.393. The van der Waals surface area contributed by atoms with Crippen molar-refractivity contribution in [3.8, 4) is 11.4 Å². The smallest absolute Gasteiger partial charge is 0.269 e. The van der Waals surface area contributed by atoms with Crippen molar-refractivity contribution < 1.29 is 27.5 Å². The van der Waals surface area contributed by atoms with Crippen LogP contribution in [0, 0.1) is 5.82 Å². The number of nitrogens with zero attached hydrogens (tertiary/aromatic N) is 1. The van der Waals surface area contributed by atoms with Gasteiger partial charge in [0.05, 0.1) is 15.4 Å². The number of hydrogen-bond acceptors (Lipinski definition) is 7. The first-order chi connectivity index (χ1) is 16.5. The van der Waals surface area contributed by atoms with Crippen LogP contribution in [-0.4, -0.2) is 35.5 Å². The van der Waals surface area contributed by atoms with Crippen molar-refractivity contribution in [2.45, 2.75) is 10.6 Å². The summed E-state index contributed by atoms with van der Waals surface area (Å²) in [5.74, 6) is -4.19. The minimum atomic E-state index is -3.90. The fraction of sp³-hybridized carbons (Fsp3) is 0.0870. The minimum Gasteiger partial charge on any atom is -0.505 e. The molecule has 0 aliphatic carbocycles. The van der Waals surface area contributed by atoms with Gasteiger partial charge >= 0.3 is 0 Å². The van der Waals surface area contributed by atoms with Crippen LogP contribution >= 0.6 is 22.9 Å². The molecule has 3 N–H and O–H groups in total. The first kappa shape index (κ1) is 24.6. The molecule has 12 heteroatoms. The Bertz CT molecular complexity index is 1680. The highest BCUT2D eigenvalue weighted by Crippen LogP contribution is 2.29. The van der Waals surface area contributed by atoms with Gasteiger partial charge in [0, 0.05) is 11.8 Å². The molecule has 0 saturated heterocycles. The maximum absolute atomic E-state index is 15.1. The zero-order valence-electron chi connectivity index (χ0n) is 17.7. The summed E-state index contributed by atoms with van der Waals surface area (Å²) in [5.41, 5.74) is 3.77. The Morgan fingerprint density at radius 3 is 2.37 bits per heavy atom. The maximum Gasteiger partial charge on any atom is 0.269 e. The van der Waals surface area contributed by atoms with Crippen LogP contribution in [-0.2, 0) is 21.1 Å². The van der Waals surface area contributed by atoms with Gasteiger partial charge in [0.15, 0.2) is 27.1 Å². The lowest BCUT2D eigenvalue weighted by Gasteiger charge is -2.15. The van der Waals surface area contributed by atoms with E-state index in [2.05, 4.69) is 0 Å². The van der Waals surface area contributed by atoms with Gasteiger partial charge in [0.2, 0.25) is 0 Å². The Hall–Kier alpha value is -3.54. The standard InChI is InChI=1S/C23H16ClFN2O6S2/c24-18-7-8-19(34-18)35(32,33)11-13(28)9-12-5-6-17(16(25)10-12)27-20(22(26)30)21(29)14-3-1-2-4-15(14)23(27)31/h1-8,10,29H,9,11H2,(H2,26,30). The predicted octanol–water partition coefficient (Wildman–Crippen LogP) is 3.23. The topological polar surface area (TPSA) is 137 Å². The molecule has 0 unspecified atom stereocenters. The molecule has 8 nitrogen and oxygen atoms in total. The fourth-order valence-electron chi connectivity index (χ4n) is 3.66. The van der Waals surface area contributed by atoms with Crippen LogP contribution in [0.15, 0.2) is 63.6 Å². The second kappa shape index (κ2) is 9.25. The number of Topliss-reactive ketones (excluding diaryl/α,β-unsaturated/α-hetero) is 1. The number of nitrogens with two attached hydrogens (primary N) is 1. The van der Waals surface area contributed by atoms with Crippen LogP contribution in [0.25, 0.3) is 16.5 Å². The summed E-state index contributed by atoms with van der Waals surface area (Å²) in [5, 5.41) is 10.7. The van der Waals surface area contributed by atoms with Gasteiger partial charge in [0.25, 0.3) is 11.5 Å². The van der Waals surface area contributed by atoms with Crippen LogP contribution in [0.1, 0.15) is 16.1 Å². The molecule has 0 atom stereocenters. The van der Waals surface area contributed by atoms with Crippen molar-refractivity contribution in [1.82, 2.24) is 4.57 Å². The third-order valence-electron chi connectivity index (χ3n) is 5.16. The molecule has 0 fully saturated rings. The molecule has 35 heavy (non-hydrogen) atoms. The second-order valence-corrected chi connectivity index (χ2v) is 11.5. The number of pyridine rings is 1. The molecule has 1 amide bonds. The highest BCUT2D eigenvalue weighted by molar-refractivity contribution is 7.94. The molecule has 0 spiro atoms. The highest BCUT2D eigenvalue weighted by atomic mass is 35.5. The molecular formula is C23H16ClFN2O6S2. The first-order valence-electron chi connectivity index (χ1n) is 9.94. The molecule has 180 valence electrons. The number of fused-ring (bicyclic) bond motifs is 1. The van der Waals surface area contributed by atoms with Crippen molar-refractivity contribution in [3.05, 3.63) is 86.4 Å². The van der Waals surface area contributed by atoms with E-state index in [0.717, 1.165) is 23.5 Å². The van der Waals surface area contributed by atoms with E-state index in [1.807, 2.05) is 0 Å². The van der Waals surface area contributed by atoms with E-state index in [4.69, 9.17) is 17.3 Å². The number of aromatic nitrogens is 1. The van der Waals surface area contributed by atoms with Gasteiger partial charge in [-0.25, -0.2) is 12.8 Å². The van der Waals surface area contributed by atoms with Crippen LogP contribution in [0.3, 0.4) is 0 Å². The van der Waals surface area contributed by atoms with E-state index in [0.29, 0.717) is 4.57 Å². The molecule has 0 saturated carbocycles. The Labute approximate surface area is 206 Å². The van der Waals surface area contributed by atoms with Crippen LogP contribution in [0.4, 0.5) is 4.39 Å². The van der Waals surface area contributed by atoms with Gasteiger partial charge in [-0.2, -0.15) is 0 Å². The Balaban J connectivity index is 1.69. The average molecular weight is 535 g/mol. The van der Waals surface area contributed by atoms with Crippen molar-refractivity contribution in [2.75, 3.05) is 5.75 Å². The van der Waals surface area contributed by atoms with Crippen LogP contribution < -0.4 is 11.3 Å². The zero-order valence-corrected chi connectivity index (χ0v) is 20.1. The van der Waals surface area contributed by atoms with Crippen molar-refractivity contribution >= 4 is 55.2 Å². The van der Waals surface area contributed by atoms with Crippen molar-refractivity contribution in [1.29, 1.82) is 0 Å². The van der Waals surface area contributed by atoms with Gasteiger partial charge in [-0.15, -0.1) is 11.3 Å². The molecule has 2 aromatic carbocycles. The highest BCUT2D eigenvalue weighted by Gasteiger charge is 2.24. The number of benzene rings is 2. The van der Waals surface area contributed by atoms with Crippen molar-refractivity contribution in [3.63, 3.8) is 0 Å². The number of primary amides is 1. The number of carbonyl (C=O) groups excluding carboxylic acids is 2.